The molecule has 3 aromatic heterocycles. The summed E-state index contributed by atoms with van der Waals surface area (Å²) in [5, 5.41) is 2.43. The number of benzene rings is 1. The molecular formula is C20H17N3O3S. The van der Waals surface area contributed by atoms with Crippen LogP contribution >= 0.6 is 11.3 Å². The number of rotatable bonds is 6. The Kier molecular flexibility index (Phi) is 4.60. The molecule has 0 aliphatic carbocycles. The van der Waals surface area contributed by atoms with Gasteiger partial charge in [0, 0.05) is 29.5 Å². The van der Waals surface area contributed by atoms with Crippen molar-refractivity contribution in [2.24, 2.45) is 5.73 Å². The number of carbonyl (C=O) groups is 1. The number of thiophene rings is 1. The van der Waals surface area contributed by atoms with Crippen LogP contribution in [0.2, 0.25) is 0 Å². The zero-order chi connectivity index (χ0) is 18.8. The van der Waals surface area contributed by atoms with E-state index in [2.05, 4.69) is 0 Å². The standard InChI is InChI=1S/C20H17N3O3S/c21-16(24)9-4-10-23-18(13-6-2-1-3-7-13)22-19-17(20(23)25)14(12-27-19)15-8-5-11-26-15/h1-3,5-8,11-12H,4,9-10H2,(H2,21,24). The monoisotopic (exact) mass is 379 g/mol. The Bertz CT molecular complexity index is 1140. The van der Waals surface area contributed by atoms with Crippen LogP contribution in [0.3, 0.4) is 0 Å². The zero-order valence-electron chi connectivity index (χ0n) is 14.4. The second-order valence-electron chi connectivity index (χ2n) is 6.13. The van der Waals surface area contributed by atoms with Gasteiger partial charge in [-0.1, -0.05) is 30.3 Å². The number of furan rings is 1. The Balaban J connectivity index is 1.91. The highest BCUT2D eigenvalue weighted by molar-refractivity contribution is 7.17. The van der Waals surface area contributed by atoms with Gasteiger partial charge in [-0.25, -0.2) is 4.98 Å². The maximum Gasteiger partial charge on any atom is 0.263 e. The molecule has 0 saturated carbocycles. The number of hydrogen-bond donors (Lipinski definition) is 1. The summed E-state index contributed by atoms with van der Waals surface area (Å²) in [6.07, 6.45) is 2.27. The third-order valence-electron chi connectivity index (χ3n) is 4.32. The third kappa shape index (κ3) is 3.29. The van der Waals surface area contributed by atoms with Crippen LogP contribution in [0.5, 0.6) is 0 Å². The molecule has 136 valence electrons. The Morgan fingerprint density at radius 1 is 1.19 bits per heavy atom. The normalized spacial score (nSPS) is 11.1. The molecule has 1 amide bonds. The molecule has 0 atom stereocenters. The summed E-state index contributed by atoms with van der Waals surface area (Å²) >= 11 is 1.41. The predicted octanol–water partition coefficient (Wildman–Crippen LogP) is 3.65. The Morgan fingerprint density at radius 2 is 2.00 bits per heavy atom. The smallest absolute Gasteiger partial charge is 0.263 e. The van der Waals surface area contributed by atoms with Crippen LogP contribution in [0.4, 0.5) is 0 Å². The molecule has 2 N–H and O–H groups in total. The molecule has 4 rings (SSSR count). The fourth-order valence-electron chi connectivity index (χ4n) is 3.06. The molecular weight excluding hydrogens is 362 g/mol. The summed E-state index contributed by atoms with van der Waals surface area (Å²) in [4.78, 5) is 29.9. The van der Waals surface area contributed by atoms with Crippen LogP contribution < -0.4 is 11.3 Å². The number of amides is 1. The van der Waals surface area contributed by atoms with Crippen LogP contribution in [0, 0.1) is 0 Å². The Labute approximate surface area is 158 Å². The quantitative estimate of drug-likeness (QED) is 0.553. The number of nitrogens with zero attached hydrogens (tertiary/aromatic N) is 2. The van der Waals surface area contributed by atoms with E-state index in [1.54, 1.807) is 16.9 Å². The third-order valence-corrected chi connectivity index (χ3v) is 5.19. The molecule has 1 aromatic carbocycles. The lowest BCUT2D eigenvalue weighted by Gasteiger charge is -2.12. The lowest BCUT2D eigenvalue weighted by Crippen LogP contribution is -2.24. The van der Waals surface area contributed by atoms with Gasteiger partial charge < -0.3 is 10.2 Å². The number of carbonyl (C=O) groups excluding carboxylic acids is 1. The minimum atomic E-state index is -0.384. The number of aromatic nitrogens is 2. The zero-order valence-corrected chi connectivity index (χ0v) is 15.2. The first kappa shape index (κ1) is 17.2. The van der Waals surface area contributed by atoms with Crippen LogP contribution in [-0.2, 0) is 11.3 Å². The largest absolute Gasteiger partial charge is 0.464 e. The van der Waals surface area contributed by atoms with Crippen molar-refractivity contribution in [3.05, 3.63) is 64.5 Å². The summed E-state index contributed by atoms with van der Waals surface area (Å²) < 4.78 is 7.10. The average molecular weight is 379 g/mol. The van der Waals surface area contributed by atoms with Crippen molar-refractivity contribution in [3.63, 3.8) is 0 Å². The minimum absolute atomic E-state index is 0.143. The van der Waals surface area contributed by atoms with E-state index in [9.17, 15) is 9.59 Å². The molecule has 27 heavy (non-hydrogen) atoms. The van der Waals surface area contributed by atoms with E-state index in [0.717, 1.165) is 11.1 Å². The van der Waals surface area contributed by atoms with Gasteiger partial charge in [-0.15, -0.1) is 11.3 Å². The fraction of sp³-hybridized carbons (Fsp3) is 0.150. The Morgan fingerprint density at radius 3 is 2.70 bits per heavy atom. The highest BCUT2D eigenvalue weighted by Crippen LogP contribution is 2.32. The number of fused-ring (bicyclic) bond motifs is 1. The van der Waals surface area contributed by atoms with Crippen molar-refractivity contribution in [3.8, 4) is 22.7 Å². The van der Waals surface area contributed by atoms with Gasteiger partial charge >= 0.3 is 0 Å². The maximum absolute atomic E-state index is 13.3. The highest BCUT2D eigenvalue weighted by atomic mass is 32.1. The van der Waals surface area contributed by atoms with Gasteiger partial charge in [-0.3, -0.25) is 14.2 Å². The van der Waals surface area contributed by atoms with Gasteiger partial charge in [-0.05, 0) is 18.6 Å². The van der Waals surface area contributed by atoms with E-state index < -0.39 is 0 Å². The molecule has 0 fully saturated rings. The van der Waals surface area contributed by atoms with Crippen LogP contribution in [0.1, 0.15) is 12.8 Å². The van der Waals surface area contributed by atoms with Gasteiger partial charge in [0.2, 0.25) is 5.91 Å². The van der Waals surface area contributed by atoms with Crippen molar-refractivity contribution in [2.45, 2.75) is 19.4 Å². The molecule has 0 spiro atoms. The van der Waals surface area contributed by atoms with Crippen LogP contribution in [0.25, 0.3) is 32.9 Å². The lowest BCUT2D eigenvalue weighted by molar-refractivity contribution is -0.118. The average Bonchev–Trinajstić information content (AvgIpc) is 3.33. The lowest BCUT2D eigenvalue weighted by atomic mass is 10.1. The molecule has 7 heteroatoms. The molecule has 0 unspecified atom stereocenters. The van der Waals surface area contributed by atoms with E-state index >= 15 is 0 Å². The van der Waals surface area contributed by atoms with Crippen LogP contribution in [-0.4, -0.2) is 15.5 Å². The fourth-order valence-corrected chi connectivity index (χ4v) is 3.98. The van der Waals surface area contributed by atoms with E-state index in [1.807, 2.05) is 41.8 Å². The molecule has 6 nitrogen and oxygen atoms in total. The predicted molar refractivity (Wildman–Crippen MR) is 105 cm³/mol. The van der Waals surface area contributed by atoms with Crippen molar-refractivity contribution in [2.75, 3.05) is 0 Å². The second-order valence-corrected chi connectivity index (χ2v) is 6.99. The SMILES string of the molecule is NC(=O)CCCn1c(-c2ccccc2)nc2scc(-c3ccco3)c2c1=O. The molecule has 0 radical (unpaired) electrons. The van der Waals surface area contributed by atoms with Crippen molar-refractivity contribution in [1.29, 1.82) is 0 Å². The van der Waals surface area contributed by atoms with Gasteiger partial charge in [-0.2, -0.15) is 0 Å². The summed E-state index contributed by atoms with van der Waals surface area (Å²) in [7, 11) is 0. The first-order valence-electron chi connectivity index (χ1n) is 8.55. The summed E-state index contributed by atoms with van der Waals surface area (Å²) in [5.41, 5.74) is 6.70. The van der Waals surface area contributed by atoms with E-state index in [-0.39, 0.29) is 17.9 Å². The highest BCUT2D eigenvalue weighted by Gasteiger charge is 2.19. The van der Waals surface area contributed by atoms with E-state index in [4.69, 9.17) is 15.1 Å². The van der Waals surface area contributed by atoms with Gasteiger partial charge in [0.05, 0.1) is 11.6 Å². The molecule has 3 heterocycles. The molecule has 0 saturated heterocycles. The number of hydrogen-bond acceptors (Lipinski definition) is 5. The summed E-state index contributed by atoms with van der Waals surface area (Å²) in [6, 6.07) is 13.2. The van der Waals surface area contributed by atoms with Crippen LogP contribution in [0.15, 0.2) is 63.3 Å². The molecule has 4 aromatic rings. The van der Waals surface area contributed by atoms with Gasteiger partial charge in [0.15, 0.2) is 0 Å². The maximum atomic E-state index is 13.3. The Hall–Kier alpha value is -3.19. The second kappa shape index (κ2) is 7.20. The van der Waals surface area contributed by atoms with E-state index in [1.165, 1.54) is 11.3 Å². The first-order valence-corrected chi connectivity index (χ1v) is 9.43. The number of nitrogens with two attached hydrogens (primary N) is 1. The van der Waals surface area contributed by atoms with Gasteiger partial charge in [0.25, 0.3) is 5.56 Å². The molecule has 0 bridgehead atoms. The van der Waals surface area contributed by atoms with Crippen molar-refractivity contribution < 1.29 is 9.21 Å². The first-order chi connectivity index (χ1) is 13.1. The molecule has 0 aliphatic heterocycles. The topological polar surface area (TPSA) is 91.1 Å². The van der Waals surface area contributed by atoms with Crippen molar-refractivity contribution >= 4 is 27.5 Å². The summed E-state index contributed by atoms with van der Waals surface area (Å²) in [5.74, 6) is 0.840. The molecule has 0 aliphatic rings. The minimum Gasteiger partial charge on any atom is -0.464 e. The summed E-state index contributed by atoms with van der Waals surface area (Å²) in [6.45, 7) is 0.363. The van der Waals surface area contributed by atoms with Gasteiger partial charge in [0.1, 0.15) is 16.4 Å². The number of primary amides is 1. The van der Waals surface area contributed by atoms with E-state index in [0.29, 0.717) is 34.8 Å². The van der Waals surface area contributed by atoms with Crippen molar-refractivity contribution in [1.82, 2.24) is 9.55 Å².